The molecule has 3 atom stereocenters. The SMILES string of the molecule is N#Cc1cc([N+](=O)[O-])ccc1NCC1CC2CCC1C2. The lowest BCUT2D eigenvalue weighted by molar-refractivity contribution is -0.384. The molecule has 0 radical (unpaired) electrons. The number of nitrogens with zero attached hydrogens (tertiary/aromatic N) is 2. The van der Waals surface area contributed by atoms with Gasteiger partial charge in [-0.05, 0) is 43.1 Å². The maximum absolute atomic E-state index is 10.7. The monoisotopic (exact) mass is 271 g/mol. The van der Waals surface area contributed by atoms with E-state index in [1.54, 1.807) is 6.07 Å². The molecule has 1 N–H and O–H groups in total. The molecule has 5 nitrogen and oxygen atoms in total. The van der Waals surface area contributed by atoms with Crippen LogP contribution in [0.5, 0.6) is 0 Å². The highest BCUT2D eigenvalue weighted by Gasteiger charge is 2.39. The number of fused-ring (bicyclic) bond motifs is 2. The Labute approximate surface area is 117 Å². The molecule has 2 aliphatic carbocycles. The fraction of sp³-hybridized carbons (Fsp3) is 0.533. The standard InChI is InChI=1S/C15H17N3O2/c16-8-12-7-14(18(19)20)3-4-15(12)17-9-13-6-10-1-2-11(13)5-10/h3-4,7,10-11,13,17H,1-2,5-6,9H2. The summed E-state index contributed by atoms with van der Waals surface area (Å²) in [5, 5.41) is 23.1. The lowest BCUT2D eigenvalue weighted by atomic mass is 9.89. The van der Waals surface area contributed by atoms with E-state index in [-0.39, 0.29) is 5.69 Å². The van der Waals surface area contributed by atoms with E-state index in [0.29, 0.717) is 17.2 Å². The van der Waals surface area contributed by atoms with E-state index < -0.39 is 4.92 Å². The topological polar surface area (TPSA) is 79.0 Å². The highest BCUT2D eigenvalue weighted by molar-refractivity contribution is 5.61. The summed E-state index contributed by atoms with van der Waals surface area (Å²) in [7, 11) is 0. The quantitative estimate of drug-likeness (QED) is 0.673. The molecule has 0 aliphatic heterocycles. The summed E-state index contributed by atoms with van der Waals surface area (Å²) in [6.45, 7) is 0.869. The number of anilines is 1. The van der Waals surface area contributed by atoms with E-state index in [1.807, 2.05) is 6.07 Å². The Morgan fingerprint density at radius 3 is 2.85 bits per heavy atom. The molecular weight excluding hydrogens is 254 g/mol. The van der Waals surface area contributed by atoms with Crippen molar-refractivity contribution in [3.05, 3.63) is 33.9 Å². The Kier molecular flexibility index (Phi) is 3.31. The summed E-state index contributed by atoms with van der Waals surface area (Å²) < 4.78 is 0. The molecule has 2 bridgehead atoms. The average Bonchev–Trinajstić information content (AvgIpc) is 3.07. The predicted octanol–water partition coefficient (Wildman–Crippen LogP) is 3.31. The Bertz CT molecular complexity index is 579. The summed E-state index contributed by atoms with van der Waals surface area (Å²) in [4.78, 5) is 10.2. The lowest BCUT2D eigenvalue weighted by Gasteiger charge is -2.22. The number of nitriles is 1. The van der Waals surface area contributed by atoms with Crippen molar-refractivity contribution < 1.29 is 4.92 Å². The van der Waals surface area contributed by atoms with E-state index in [1.165, 1.54) is 37.8 Å². The average molecular weight is 271 g/mol. The molecule has 0 spiro atoms. The second-order valence-corrected chi connectivity index (χ2v) is 5.91. The van der Waals surface area contributed by atoms with Crippen LogP contribution in [0, 0.1) is 39.2 Å². The first-order chi connectivity index (χ1) is 9.67. The molecule has 104 valence electrons. The van der Waals surface area contributed by atoms with E-state index in [9.17, 15) is 10.1 Å². The maximum atomic E-state index is 10.7. The fourth-order valence-electron chi connectivity index (χ4n) is 3.76. The summed E-state index contributed by atoms with van der Waals surface area (Å²) in [6, 6.07) is 6.46. The highest BCUT2D eigenvalue weighted by atomic mass is 16.6. The van der Waals surface area contributed by atoms with Gasteiger partial charge in [-0.2, -0.15) is 5.26 Å². The van der Waals surface area contributed by atoms with Crippen LogP contribution in [0.3, 0.4) is 0 Å². The summed E-state index contributed by atoms with van der Waals surface area (Å²) in [5.74, 6) is 2.42. The molecule has 3 unspecified atom stereocenters. The first-order valence-corrected chi connectivity index (χ1v) is 7.10. The van der Waals surface area contributed by atoms with Crippen molar-refractivity contribution in [2.24, 2.45) is 17.8 Å². The fourth-order valence-corrected chi connectivity index (χ4v) is 3.76. The number of benzene rings is 1. The van der Waals surface area contributed by atoms with Crippen LogP contribution in [-0.4, -0.2) is 11.5 Å². The van der Waals surface area contributed by atoms with Crippen molar-refractivity contribution in [2.45, 2.75) is 25.7 Å². The Morgan fingerprint density at radius 1 is 1.40 bits per heavy atom. The second-order valence-electron chi connectivity index (χ2n) is 5.91. The number of non-ortho nitro benzene ring substituents is 1. The van der Waals surface area contributed by atoms with E-state index in [2.05, 4.69) is 5.32 Å². The van der Waals surface area contributed by atoms with Crippen molar-refractivity contribution in [3.8, 4) is 6.07 Å². The van der Waals surface area contributed by atoms with Crippen molar-refractivity contribution in [1.29, 1.82) is 5.26 Å². The minimum Gasteiger partial charge on any atom is -0.384 e. The summed E-state index contributed by atoms with van der Waals surface area (Å²) in [5.41, 5.74) is 1.02. The van der Waals surface area contributed by atoms with Crippen LogP contribution in [0.1, 0.15) is 31.2 Å². The molecule has 3 rings (SSSR count). The number of nitro benzene ring substituents is 1. The number of nitro groups is 1. The summed E-state index contributed by atoms with van der Waals surface area (Å²) in [6.07, 6.45) is 5.36. The van der Waals surface area contributed by atoms with Gasteiger partial charge in [0.15, 0.2) is 0 Å². The normalized spacial score (nSPS) is 27.2. The lowest BCUT2D eigenvalue weighted by Crippen LogP contribution is -2.20. The molecule has 0 aromatic heterocycles. The number of hydrogen-bond acceptors (Lipinski definition) is 4. The van der Waals surface area contributed by atoms with Gasteiger partial charge < -0.3 is 5.32 Å². The van der Waals surface area contributed by atoms with E-state index in [0.717, 1.165) is 18.4 Å². The third-order valence-electron chi connectivity index (χ3n) is 4.77. The van der Waals surface area contributed by atoms with Crippen LogP contribution in [-0.2, 0) is 0 Å². The zero-order valence-electron chi connectivity index (χ0n) is 11.2. The second kappa shape index (κ2) is 5.12. The largest absolute Gasteiger partial charge is 0.384 e. The van der Waals surface area contributed by atoms with Crippen LogP contribution < -0.4 is 5.32 Å². The summed E-state index contributed by atoms with van der Waals surface area (Å²) >= 11 is 0. The van der Waals surface area contributed by atoms with Crippen LogP contribution in [0.25, 0.3) is 0 Å². The van der Waals surface area contributed by atoms with Crippen molar-refractivity contribution in [1.82, 2.24) is 0 Å². The Balaban J connectivity index is 1.68. The Morgan fingerprint density at radius 2 is 2.25 bits per heavy atom. The minimum absolute atomic E-state index is 0.0352. The van der Waals surface area contributed by atoms with Gasteiger partial charge in [-0.25, -0.2) is 0 Å². The van der Waals surface area contributed by atoms with Gasteiger partial charge >= 0.3 is 0 Å². The van der Waals surface area contributed by atoms with Crippen LogP contribution in [0.2, 0.25) is 0 Å². The maximum Gasteiger partial charge on any atom is 0.270 e. The number of nitrogens with one attached hydrogen (secondary N) is 1. The Hall–Kier alpha value is -2.09. The van der Waals surface area contributed by atoms with Gasteiger partial charge in [-0.15, -0.1) is 0 Å². The van der Waals surface area contributed by atoms with Crippen LogP contribution >= 0.6 is 0 Å². The number of hydrogen-bond donors (Lipinski definition) is 1. The smallest absolute Gasteiger partial charge is 0.270 e. The molecule has 0 amide bonds. The molecule has 0 saturated heterocycles. The highest BCUT2D eigenvalue weighted by Crippen LogP contribution is 2.48. The third kappa shape index (κ3) is 2.34. The number of rotatable bonds is 4. The molecule has 0 heterocycles. The zero-order valence-corrected chi connectivity index (χ0v) is 11.2. The van der Waals surface area contributed by atoms with Gasteiger partial charge in [0.25, 0.3) is 5.69 Å². The van der Waals surface area contributed by atoms with Gasteiger partial charge in [0.05, 0.1) is 16.2 Å². The minimum atomic E-state index is -0.472. The first-order valence-electron chi connectivity index (χ1n) is 7.10. The predicted molar refractivity (Wildman–Crippen MR) is 75.2 cm³/mol. The third-order valence-corrected chi connectivity index (χ3v) is 4.77. The molecular formula is C15H17N3O2. The molecule has 20 heavy (non-hydrogen) atoms. The van der Waals surface area contributed by atoms with Crippen LogP contribution in [0.15, 0.2) is 18.2 Å². The van der Waals surface area contributed by atoms with Gasteiger partial charge in [0.2, 0.25) is 0 Å². The van der Waals surface area contributed by atoms with Gasteiger partial charge in [-0.1, -0.05) is 6.42 Å². The van der Waals surface area contributed by atoms with Gasteiger partial charge in [0, 0.05) is 18.7 Å². The van der Waals surface area contributed by atoms with Crippen LogP contribution in [0.4, 0.5) is 11.4 Å². The molecule has 2 saturated carbocycles. The first kappa shape index (κ1) is 12.9. The molecule has 2 fully saturated rings. The van der Waals surface area contributed by atoms with Gasteiger partial charge in [0.1, 0.15) is 6.07 Å². The zero-order chi connectivity index (χ0) is 14.1. The van der Waals surface area contributed by atoms with E-state index in [4.69, 9.17) is 5.26 Å². The van der Waals surface area contributed by atoms with Crippen molar-refractivity contribution in [3.63, 3.8) is 0 Å². The van der Waals surface area contributed by atoms with Gasteiger partial charge in [-0.3, -0.25) is 10.1 Å². The molecule has 1 aromatic rings. The molecule has 2 aliphatic rings. The molecule has 5 heteroatoms. The molecule has 1 aromatic carbocycles. The van der Waals surface area contributed by atoms with Crippen molar-refractivity contribution in [2.75, 3.05) is 11.9 Å². The van der Waals surface area contributed by atoms with Crippen molar-refractivity contribution >= 4 is 11.4 Å². The van der Waals surface area contributed by atoms with E-state index >= 15 is 0 Å².